The van der Waals surface area contributed by atoms with E-state index in [0.29, 0.717) is 0 Å². The first-order valence-corrected chi connectivity index (χ1v) is 15.0. The molecule has 1 amide bonds. The molecule has 0 fully saturated rings. The van der Waals surface area contributed by atoms with Crippen LogP contribution < -0.4 is 5.73 Å². The van der Waals surface area contributed by atoms with Crippen LogP contribution in [0.5, 0.6) is 0 Å². The van der Waals surface area contributed by atoms with Crippen LogP contribution in [0.3, 0.4) is 0 Å². The van der Waals surface area contributed by atoms with Crippen molar-refractivity contribution in [2.75, 3.05) is 12.9 Å². The summed E-state index contributed by atoms with van der Waals surface area (Å²) in [4.78, 5) is 20.0. The monoisotopic (exact) mass is 582 g/mol. The number of nitriles is 1. The van der Waals surface area contributed by atoms with Crippen LogP contribution in [-0.4, -0.2) is 50.0 Å². The molecule has 0 atom stereocenters. The quantitative estimate of drug-likeness (QED) is 0.273. The maximum absolute atomic E-state index is 11.8. The summed E-state index contributed by atoms with van der Waals surface area (Å²) >= 11 is 0. The van der Waals surface area contributed by atoms with Crippen molar-refractivity contribution in [2.45, 2.75) is 16.7 Å². The van der Waals surface area contributed by atoms with Crippen molar-refractivity contribution in [2.24, 2.45) is 5.73 Å². The van der Waals surface area contributed by atoms with E-state index in [1.807, 2.05) is 0 Å². The highest BCUT2D eigenvalue weighted by Crippen LogP contribution is 2.18. The van der Waals surface area contributed by atoms with Gasteiger partial charge < -0.3 is 10.5 Å². The molecule has 2 N–H and O–H groups in total. The van der Waals surface area contributed by atoms with E-state index in [0.717, 1.165) is 6.26 Å². The number of hydrogen-bond donors (Lipinski definition) is 1. The number of primary amides is 1. The number of hydrogen-bond acceptors (Lipinski definition) is 10. The summed E-state index contributed by atoms with van der Waals surface area (Å²) < 4.78 is 71.9. The Bertz CT molecular complexity index is 1560. The van der Waals surface area contributed by atoms with Crippen LogP contribution in [0.1, 0.15) is 6.92 Å². The van der Waals surface area contributed by atoms with Gasteiger partial charge in [0, 0.05) is 6.26 Å². The smallest absolute Gasteiger partial charge is 0.349 e. The number of amides is 1. The predicted molar refractivity (Wildman–Crippen MR) is 141 cm³/mol. The van der Waals surface area contributed by atoms with E-state index < -0.39 is 56.1 Å². The Morgan fingerprint density at radius 1 is 0.816 bits per heavy atom. The Morgan fingerprint density at radius 2 is 1.21 bits per heavy atom. The van der Waals surface area contributed by atoms with Crippen LogP contribution in [-0.2, 0) is 43.8 Å². The molecule has 14 heteroatoms. The standard InChI is InChI=1S/C11H12O4S.C9H7NO2S.C4H7NO3S/c1-3-15-11(12)9(2)16(13,14)10-7-5-4-6-8-10;1-8(7-10)13(11,12)9-5-3-2-4-6-9;1-3(4(5)6)9(2,7)8/h4-8H,2-3H2,1H3;2-6H,1H2;1H2,2H3,(H2,5,6). The minimum Gasteiger partial charge on any atom is -0.462 e. The highest BCUT2D eigenvalue weighted by molar-refractivity contribution is 7.96. The molecule has 0 spiro atoms. The van der Waals surface area contributed by atoms with Crippen molar-refractivity contribution in [1.82, 2.24) is 0 Å². The fraction of sp³-hybridized carbons (Fsp3) is 0.125. The van der Waals surface area contributed by atoms with Crippen LogP contribution in [0.2, 0.25) is 0 Å². The number of nitrogens with two attached hydrogens (primary N) is 1. The van der Waals surface area contributed by atoms with E-state index in [-0.39, 0.29) is 16.4 Å². The molecular formula is C24H26N2O9S3. The molecule has 0 unspecified atom stereocenters. The molecule has 2 rings (SSSR count). The lowest BCUT2D eigenvalue weighted by Gasteiger charge is -2.06. The molecule has 0 saturated heterocycles. The van der Waals surface area contributed by atoms with Gasteiger partial charge in [-0.2, -0.15) is 5.26 Å². The van der Waals surface area contributed by atoms with Gasteiger partial charge in [0.2, 0.25) is 19.7 Å². The highest BCUT2D eigenvalue weighted by atomic mass is 32.2. The van der Waals surface area contributed by atoms with Crippen molar-refractivity contribution >= 4 is 41.4 Å². The Balaban J connectivity index is 0.000000564. The van der Waals surface area contributed by atoms with Crippen molar-refractivity contribution < 1.29 is 39.6 Å². The number of sulfone groups is 3. The van der Waals surface area contributed by atoms with Gasteiger partial charge in [-0.1, -0.05) is 56.1 Å². The third-order valence-electron chi connectivity index (χ3n) is 4.11. The average Bonchev–Trinajstić information content (AvgIpc) is 2.88. The van der Waals surface area contributed by atoms with Gasteiger partial charge >= 0.3 is 5.97 Å². The SMILES string of the molecule is C=C(C#N)S(=O)(=O)c1ccccc1.C=C(C(=O)OCC)S(=O)(=O)c1ccccc1.C=C(C(N)=O)S(C)(=O)=O. The number of rotatable bonds is 8. The third kappa shape index (κ3) is 10.1. The summed E-state index contributed by atoms with van der Waals surface area (Å²) in [5.41, 5.74) is 4.60. The fourth-order valence-electron chi connectivity index (χ4n) is 2.05. The normalized spacial score (nSPS) is 10.7. The zero-order valence-electron chi connectivity index (χ0n) is 20.5. The molecule has 2 aromatic carbocycles. The van der Waals surface area contributed by atoms with Gasteiger partial charge in [-0.05, 0) is 31.2 Å². The first-order valence-electron chi connectivity index (χ1n) is 10.2. The number of benzene rings is 2. The van der Waals surface area contributed by atoms with Gasteiger partial charge in [-0.25, -0.2) is 30.0 Å². The van der Waals surface area contributed by atoms with E-state index in [1.165, 1.54) is 30.3 Å². The highest BCUT2D eigenvalue weighted by Gasteiger charge is 2.25. The molecule has 38 heavy (non-hydrogen) atoms. The fourth-order valence-corrected chi connectivity index (χ4v) is 4.41. The largest absolute Gasteiger partial charge is 0.462 e. The van der Waals surface area contributed by atoms with Gasteiger partial charge in [-0.15, -0.1) is 0 Å². The van der Waals surface area contributed by atoms with Gasteiger partial charge in [-0.3, -0.25) is 4.79 Å². The second-order valence-corrected chi connectivity index (χ2v) is 12.9. The van der Waals surface area contributed by atoms with Crippen LogP contribution in [0.4, 0.5) is 0 Å². The van der Waals surface area contributed by atoms with E-state index in [4.69, 9.17) is 5.26 Å². The molecule has 2 aromatic rings. The Kier molecular flexibility index (Phi) is 13.1. The molecule has 0 heterocycles. The van der Waals surface area contributed by atoms with E-state index in [1.54, 1.807) is 43.3 Å². The van der Waals surface area contributed by atoms with Gasteiger partial charge in [0.15, 0.2) is 9.84 Å². The summed E-state index contributed by atoms with van der Waals surface area (Å²) in [6, 6.07) is 16.9. The lowest BCUT2D eigenvalue weighted by atomic mass is 10.4. The third-order valence-corrected chi connectivity index (χ3v) is 8.54. The summed E-state index contributed by atoms with van der Waals surface area (Å²) in [7, 11) is -10.9. The second kappa shape index (κ2) is 14.6. The maximum Gasteiger partial charge on any atom is 0.349 e. The molecular weight excluding hydrogens is 556 g/mol. The average molecular weight is 583 g/mol. The summed E-state index contributed by atoms with van der Waals surface area (Å²) in [6.45, 7) is 11.1. The van der Waals surface area contributed by atoms with Gasteiger partial charge in [0.25, 0.3) is 5.91 Å². The first kappa shape index (κ1) is 33.9. The van der Waals surface area contributed by atoms with Crippen molar-refractivity contribution in [3.8, 4) is 6.07 Å². The van der Waals surface area contributed by atoms with Crippen LogP contribution in [0.25, 0.3) is 0 Å². The topological polar surface area (TPSA) is 196 Å². The number of carbonyl (C=O) groups is 2. The number of allylic oxidation sites excluding steroid dienone is 1. The predicted octanol–water partition coefficient (Wildman–Crippen LogP) is 2.06. The van der Waals surface area contributed by atoms with Crippen molar-refractivity contribution in [1.29, 1.82) is 5.26 Å². The van der Waals surface area contributed by atoms with Crippen LogP contribution in [0.15, 0.2) is 105 Å². The van der Waals surface area contributed by atoms with Crippen LogP contribution >= 0.6 is 0 Å². The Morgan fingerprint density at radius 3 is 1.50 bits per heavy atom. The number of carbonyl (C=O) groups excluding carboxylic acids is 2. The summed E-state index contributed by atoms with van der Waals surface area (Å²) in [6.07, 6.45) is 0.875. The zero-order chi connectivity index (χ0) is 29.7. The Hall–Kier alpha value is -4.06. The van der Waals surface area contributed by atoms with E-state index in [9.17, 15) is 34.8 Å². The van der Waals surface area contributed by atoms with E-state index in [2.05, 4.69) is 30.2 Å². The molecule has 11 nitrogen and oxygen atoms in total. The molecule has 204 valence electrons. The zero-order valence-corrected chi connectivity index (χ0v) is 23.0. The van der Waals surface area contributed by atoms with Crippen LogP contribution in [0, 0.1) is 11.3 Å². The summed E-state index contributed by atoms with van der Waals surface area (Å²) in [5, 5.41) is 8.40. The van der Waals surface area contributed by atoms with Crippen molar-refractivity contribution in [3.05, 3.63) is 95.1 Å². The minimum atomic E-state index is -3.83. The lowest BCUT2D eigenvalue weighted by molar-refractivity contribution is -0.137. The van der Waals surface area contributed by atoms with Gasteiger partial charge in [0.05, 0.1) is 16.4 Å². The Labute approximate surface area is 222 Å². The molecule has 0 aliphatic carbocycles. The molecule has 0 aliphatic heterocycles. The van der Waals surface area contributed by atoms with E-state index >= 15 is 0 Å². The number of nitrogens with zero attached hydrogens (tertiary/aromatic N) is 1. The minimum absolute atomic E-state index is 0.0352. The number of esters is 1. The molecule has 0 aromatic heterocycles. The van der Waals surface area contributed by atoms with Crippen molar-refractivity contribution in [3.63, 3.8) is 0 Å². The molecule has 0 radical (unpaired) electrons. The molecule has 0 bridgehead atoms. The molecule has 0 saturated carbocycles. The maximum atomic E-state index is 11.8. The number of ether oxygens (including phenoxy) is 1. The molecule has 0 aliphatic rings. The second-order valence-electron chi connectivity index (χ2n) is 6.87. The van der Waals surface area contributed by atoms with Gasteiger partial charge in [0.1, 0.15) is 20.8 Å². The lowest BCUT2D eigenvalue weighted by Crippen LogP contribution is -2.18. The first-order chi connectivity index (χ1) is 17.4. The summed E-state index contributed by atoms with van der Waals surface area (Å²) in [5.74, 6) is -1.91.